The Bertz CT molecular complexity index is 1110. The maximum absolute atomic E-state index is 10.2. The molecule has 0 fully saturated rings. The zero-order chi connectivity index (χ0) is 18.8. The van der Waals surface area contributed by atoms with Crippen molar-refractivity contribution >= 4 is 33.1 Å². The number of phenols is 1. The molecule has 0 spiro atoms. The van der Waals surface area contributed by atoms with Crippen molar-refractivity contribution in [1.82, 2.24) is 14.6 Å². The fourth-order valence-corrected chi connectivity index (χ4v) is 3.27. The standard InChI is InChI=1S/C20H18BrN5O/c1-22-14-6-4-5-13(9-14)11-23-19-10-17(15-7-2-3-8-18(15)27)25-20-16(21)12-24-26(19)20/h2-10,12,22-23,27H,11H2,1H3. The summed E-state index contributed by atoms with van der Waals surface area (Å²) in [4.78, 5) is 4.65. The van der Waals surface area contributed by atoms with E-state index in [4.69, 9.17) is 0 Å². The zero-order valence-electron chi connectivity index (χ0n) is 14.6. The molecule has 2 aromatic heterocycles. The van der Waals surface area contributed by atoms with Gasteiger partial charge in [-0.05, 0) is 45.8 Å². The second kappa shape index (κ2) is 7.28. The first-order chi connectivity index (χ1) is 13.2. The molecule has 0 amide bonds. The summed E-state index contributed by atoms with van der Waals surface area (Å²) in [6.45, 7) is 0.631. The fourth-order valence-electron chi connectivity index (χ4n) is 2.92. The molecule has 2 aromatic carbocycles. The van der Waals surface area contributed by atoms with E-state index in [0.29, 0.717) is 23.4 Å². The molecule has 136 valence electrons. The number of phenolic OH excluding ortho intramolecular Hbond substituents is 1. The van der Waals surface area contributed by atoms with Crippen LogP contribution in [0.2, 0.25) is 0 Å². The lowest BCUT2D eigenvalue weighted by Gasteiger charge is -2.12. The minimum absolute atomic E-state index is 0.192. The number of fused-ring (bicyclic) bond motifs is 1. The Balaban J connectivity index is 1.74. The van der Waals surface area contributed by atoms with Gasteiger partial charge in [0.2, 0.25) is 0 Å². The van der Waals surface area contributed by atoms with Crippen molar-refractivity contribution in [2.24, 2.45) is 0 Å². The molecule has 0 unspecified atom stereocenters. The number of aromatic hydroxyl groups is 1. The maximum atomic E-state index is 10.2. The number of halogens is 1. The summed E-state index contributed by atoms with van der Waals surface area (Å²) in [6, 6.07) is 17.3. The molecular weight excluding hydrogens is 406 g/mol. The van der Waals surface area contributed by atoms with Gasteiger partial charge < -0.3 is 15.7 Å². The molecule has 0 aliphatic rings. The second-order valence-corrected chi connectivity index (χ2v) is 6.93. The monoisotopic (exact) mass is 423 g/mol. The van der Waals surface area contributed by atoms with E-state index in [1.807, 2.05) is 37.4 Å². The zero-order valence-corrected chi connectivity index (χ0v) is 16.2. The number of nitrogens with one attached hydrogen (secondary N) is 2. The third-order valence-corrected chi connectivity index (χ3v) is 4.86. The van der Waals surface area contributed by atoms with Gasteiger partial charge in [0, 0.05) is 30.9 Å². The van der Waals surface area contributed by atoms with E-state index in [9.17, 15) is 5.11 Å². The number of nitrogens with zero attached hydrogens (tertiary/aromatic N) is 3. The molecule has 3 N–H and O–H groups in total. The van der Waals surface area contributed by atoms with Gasteiger partial charge in [-0.1, -0.05) is 24.3 Å². The number of hydrogen-bond donors (Lipinski definition) is 3. The van der Waals surface area contributed by atoms with E-state index in [2.05, 4.69) is 48.8 Å². The number of rotatable bonds is 5. The van der Waals surface area contributed by atoms with Gasteiger partial charge in [-0.3, -0.25) is 0 Å². The molecule has 0 atom stereocenters. The minimum atomic E-state index is 0.192. The number of anilines is 2. The third-order valence-electron chi connectivity index (χ3n) is 4.30. The fraction of sp³-hybridized carbons (Fsp3) is 0.100. The van der Waals surface area contributed by atoms with Crippen LogP contribution in [-0.4, -0.2) is 26.8 Å². The molecule has 27 heavy (non-hydrogen) atoms. The van der Waals surface area contributed by atoms with E-state index in [0.717, 1.165) is 21.5 Å². The van der Waals surface area contributed by atoms with Crippen LogP contribution in [0.4, 0.5) is 11.5 Å². The summed E-state index contributed by atoms with van der Waals surface area (Å²) < 4.78 is 2.54. The first kappa shape index (κ1) is 17.4. The van der Waals surface area contributed by atoms with Crippen LogP contribution < -0.4 is 10.6 Å². The topological polar surface area (TPSA) is 74.5 Å². The number of benzene rings is 2. The third kappa shape index (κ3) is 3.46. The number of aromatic nitrogens is 3. The van der Waals surface area contributed by atoms with E-state index in [1.165, 1.54) is 0 Å². The Morgan fingerprint density at radius 2 is 1.96 bits per heavy atom. The molecule has 0 saturated carbocycles. The maximum Gasteiger partial charge on any atom is 0.172 e. The van der Waals surface area contributed by atoms with Crippen molar-refractivity contribution in [1.29, 1.82) is 0 Å². The molecular formula is C20H18BrN5O. The van der Waals surface area contributed by atoms with Crippen LogP contribution in [0, 0.1) is 0 Å². The normalized spacial score (nSPS) is 10.9. The largest absolute Gasteiger partial charge is 0.507 e. The van der Waals surface area contributed by atoms with Crippen molar-refractivity contribution in [3.05, 3.63) is 70.8 Å². The quantitative estimate of drug-likeness (QED) is 0.440. The van der Waals surface area contributed by atoms with Crippen LogP contribution >= 0.6 is 15.9 Å². The van der Waals surface area contributed by atoms with Gasteiger partial charge in [0.15, 0.2) is 5.65 Å². The van der Waals surface area contributed by atoms with Crippen molar-refractivity contribution in [3.63, 3.8) is 0 Å². The lowest BCUT2D eigenvalue weighted by Crippen LogP contribution is -2.07. The van der Waals surface area contributed by atoms with Gasteiger partial charge in [-0.25, -0.2) is 4.98 Å². The van der Waals surface area contributed by atoms with Gasteiger partial charge in [0.25, 0.3) is 0 Å². The Hall–Kier alpha value is -3.06. The molecule has 0 bridgehead atoms. The Labute approximate surface area is 165 Å². The van der Waals surface area contributed by atoms with Crippen LogP contribution in [0.3, 0.4) is 0 Å². The van der Waals surface area contributed by atoms with E-state index < -0.39 is 0 Å². The average molecular weight is 424 g/mol. The highest BCUT2D eigenvalue weighted by Crippen LogP contribution is 2.31. The predicted molar refractivity (Wildman–Crippen MR) is 111 cm³/mol. The molecule has 0 radical (unpaired) electrons. The van der Waals surface area contributed by atoms with Gasteiger partial charge in [0.1, 0.15) is 11.6 Å². The summed E-state index contributed by atoms with van der Waals surface area (Å²) in [7, 11) is 1.90. The van der Waals surface area contributed by atoms with E-state index >= 15 is 0 Å². The van der Waals surface area contributed by atoms with Crippen LogP contribution in [0.5, 0.6) is 5.75 Å². The SMILES string of the molecule is CNc1cccc(CNc2cc(-c3ccccc3O)nc3c(Br)cnn23)c1. The summed E-state index contributed by atoms with van der Waals surface area (Å²) in [5.41, 5.74) is 4.23. The van der Waals surface area contributed by atoms with Crippen molar-refractivity contribution in [2.75, 3.05) is 17.7 Å². The molecule has 0 aliphatic heterocycles. The highest BCUT2D eigenvalue weighted by atomic mass is 79.9. The van der Waals surface area contributed by atoms with Gasteiger partial charge in [0.05, 0.1) is 16.4 Å². The first-order valence-corrected chi connectivity index (χ1v) is 9.28. The Morgan fingerprint density at radius 3 is 2.78 bits per heavy atom. The summed E-state index contributed by atoms with van der Waals surface area (Å²) in [5.74, 6) is 0.983. The van der Waals surface area contributed by atoms with E-state index in [-0.39, 0.29) is 5.75 Å². The van der Waals surface area contributed by atoms with Crippen molar-refractivity contribution in [2.45, 2.75) is 6.54 Å². The first-order valence-electron chi connectivity index (χ1n) is 8.49. The van der Waals surface area contributed by atoms with Crippen LogP contribution in [0.1, 0.15) is 5.56 Å². The van der Waals surface area contributed by atoms with Crippen LogP contribution in [0.25, 0.3) is 16.9 Å². The van der Waals surface area contributed by atoms with Crippen molar-refractivity contribution in [3.8, 4) is 17.0 Å². The predicted octanol–water partition coefficient (Wildman–Crippen LogP) is 4.52. The molecule has 0 aliphatic carbocycles. The summed E-state index contributed by atoms with van der Waals surface area (Å²) in [6.07, 6.45) is 1.71. The molecule has 4 aromatic rings. The molecule has 2 heterocycles. The summed E-state index contributed by atoms with van der Waals surface area (Å²) in [5, 5.41) is 21.2. The van der Waals surface area contributed by atoms with Gasteiger partial charge in [-0.15, -0.1) is 0 Å². The molecule has 0 saturated heterocycles. The smallest absolute Gasteiger partial charge is 0.172 e. The highest BCUT2D eigenvalue weighted by Gasteiger charge is 2.13. The van der Waals surface area contributed by atoms with Crippen LogP contribution in [-0.2, 0) is 6.54 Å². The van der Waals surface area contributed by atoms with Crippen LogP contribution in [0.15, 0.2) is 65.3 Å². The minimum Gasteiger partial charge on any atom is -0.507 e. The van der Waals surface area contributed by atoms with E-state index in [1.54, 1.807) is 22.8 Å². The summed E-state index contributed by atoms with van der Waals surface area (Å²) >= 11 is 3.50. The highest BCUT2D eigenvalue weighted by molar-refractivity contribution is 9.10. The van der Waals surface area contributed by atoms with Gasteiger partial charge >= 0.3 is 0 Å². The molecule has 4 rings (SSSR count). The Kier molecular flexibility index (Phi) is 4.68. The van der Waals surface area contributed by atoms with Crippen molar-refractivity contribution < 1.29 is 5.11 Å². The lowest BCUT2D eigenvalue weighted by molar-refractivity contribution is 0.477. The van der Waals surface area contributed by atoms with Gasteiger partial charge in [-0.2, -0.15) is 9.61 Å². The average Bonchev–Trinajstić information content (AvgIpc) is 3.07. The number of para-hydroxylation sites is 1. The molecule has 6 nitrogen and oxygen atoms in total. The lowest BCUT2D eigenvalue weighted by atomic mass is 10.1. The Morgan fingerprint density at radius 1 is 1.11 bits per heavy atom. The number of hydrogen-bond acceptors (Lipinski definition) is 5. The second-order valence-electron chi connectivity index (χ2n) is 6.08. The molecule has 7 heteroatoms.